The SMILES string of the molecule is CNCc1cncn1CC(C)(C)NS(C)(=O)=O. The summed E-state index contributed by atoms with van der Waals surface area (Å²) in [6.07, 6.45) is 4.64. The number of nitrogens with zero attached hydrogens (tertiary/aromatic N) is 2. The lowest BCUT2D eigenvalue weighted by Gasteiger charge is -2.26. The Hall–Kier alpha value is -0.920. The average molecular weight is 260 g/mol. The molecule has 1 aromatic heterocycles. The maximum absolute atomic E-state index is 11.2. The summed E-state index contributed by atoms with van der Waals surface area (Å²) in [5.74, 6) is 0. The van der Waals surface area contributed by atoms with Crippen LogP contribution in [0, 0.1) is 0 Å². The standard InChI is InChI=1S/C10H20N4O2S/c1-10(2,13-17(4,15)16)7-14-8-12-6-9(14)5-11-3/h6,8,11,13H,5,7H2,1-4H3. The van der Waals surface area contributed by atoms with Gasteiger partial charge in [-0.2, -0.15) is 0 Å². The fraction of sp³-hybridized carbons (Fsp3) is 0.700. The molecule has 0 radical (unpaired) electrons. The van der Waals surface area contributed by atoms with E-state index in [0.717, 1.165) is 11.9 Å². The quantitative estimate of drug-likeness (QED) is 0.751. The molecule has 0 fully saturated rings. The summed E-state index contributed by atoms with van der Waals surface area (Å²) < 4.78 is 27.0. The fourth-order valence-corrected chi connectivity index (χ4v) is 2.85. The normalized spacial score (nSPS) is 12.9. The van der Waals surface area contributed by atoms with E-state index >= 15 is 0 Å². The molecule has 2 N–H and O–H groups in total. The maximum atomic E-state index is 11.2. The molecule has 0 aliphatic rings. The van der Waals surface area contributed by atoms with Crippen molar-refractivity contribution in [2.45, 2.75) is 32.5 Å². The summed E-state index contributed by atoms with van der Waals surface area (Å²) in [5, 5.41) is 3.05. The van der Waals surface area contributed by atoms with Gasteiger partial charge in [0.1, 0.15) is 0 Å². The molecule has 7 heteroatoms. The van der Waals surface area contributed by atoms with Gasteiger partial charge in [0.15, 0.2) is 0 Å². The van der Waals surface area contributed by atoms with Gasteiger partial charge in [-0.15, -0.1) is 0 Å². The van der Waals surface area contributed by atoms with Crippen molar-refractivity contribution in [2.24, 2.45) is 0 Å². The first-order valence-corrected chi connectivity index (χ1v) is 7.25. The Morgan fingerprint density at radius 1 is 1.47 bits per heavy atom. The van der Waals surface area contributed by atoms with E-state index in [2.05, 4.69) is 15.0 Å². The molecule has 0 aromatic carbocycles. The Kier molecular flexibility index (Phi) is 4.29. The Morgan fingerprint density at radius 3 is 2.65 bits per heavy atom. The van der Waals surface area contributed by atoms with Crippen molar-refractivity contribution in [3.05, 3.63) is 18.2 Å². The second-order valence-electron chi connectivity index (χ2n) is 4.80. The highest BCUT2D eigenvalue weighted by atomic mass is 32.2. The van der Waals surface area contributed by atoms with E-state index in [4.69, 9.17) is 0 Å². The van der Waals surface area contributed by atoms with Crippen molar-refractivity contribution in [2.75, 3.05) is 13.3 Å². The van der Waals surface area contributed by atoms with E-state index in [1.165, 1.54) is 0 Å². The van der Waals surface area contributed by atoms with Crippen LogP contribution in [0.1, 0.15) is 19.5 Å². The van der Waals surface area contributed by atoms with Crippen molar-refractivity contribution in [3.63, 3.8) is 0 Å². The summed E-state index contributed by atoms with van der Waals surface area (Å²) >= 11 is 0. The van der Waals surface area contributed by atoms with Crippen molar-refractivity contribution >= 4 is 10.0 Å². The van der Waals surface area contributed by atoms with Crippen LogP contribution in [-0.2, 0) is 23.1 Å². The van der Waals surface area contributed by atoms with Crippen molar-refractivity contribution < 1.29 is 8.42 Å². The highest BCUT2D eigenvalue weighted by Crippen LogP contribution is 2.10. The van der Waals surface area contributed by atoms with Crippen LogP contribution in [-0.4, -0.2) is 36.8 Å². The number of hydrogen-bond acceptors (Lipinski definition) is 4. The lowest BCUT2D eigenvalue weighted by atomic mass is 10.1. The number of nitrogens with one attached hydrogen (secondary N) is 2. The van der Waals surface area contributed by atoms with Crippen molar-refractivity contribution in [1.82, 2.24) is 19.6 Å². The van der Waals surface area contributed by atoms with Gasteiger partial charge in [-0.3, -0.25) is 0 Å². The zero-order valence-electron chi connectivity index (χ0n) is 10.7. The number of aromatic nitrogens is 2. The van der Waals surface area contributed by atoms with E-state index < -0.39 is 15.6 Å². The first-order valence-electron chi connectivity index (χ1n) is 5.36. The van der Waals surface area contributed by atoms with Gasteiger partial charge in [-0.25, -0.2) is 18.1 Å². The molecule has 0 unspecified atom stereocenters. The van der Waals surface area contributed by atoms with Crippen LogP contribution in [0.25, 0.3) is 0 Å². The van der Waals surface area contributed by atoms with Gasteiger partial charge < -0.3 is 9.88 Å². The molecule has 98 valence electrons. The lowest BCUT2D eigenvalue weighted by molar-refractivity contribution is 0.384. The summed E-state index contributed by atoms with van der Waals surface area (Å²) in [4.78, 5) is 4.07. The minimum atomic E-state index is -3.21. The topological polar surface area (TPSA) is 76.0 Å². The zero-order chi connectivity index (χ0) is 13.1. The molecule has 0 saturated carbocycles. The molecule has 0 spiro atoms. The molecule has 1 rings (SSSR count). The van der Waals surface area contributed by atoms with Crippen LogP contribution in [0.5, 0.6) is 0 Å². The van der Waals surface area contributed by atoms with Crippen LogP contribution >= 0.6 is 0 Å². The van der Waals surface area contributed by atoms with Crippen LogP contribution < -0.4 is 10.0 Å². The molecule has 0 aliphatic heterocycles. The molecule has 6 nitrogen and oxygen atoms in total. The van der Waals surface area contributed by atoms with Crippen LogP contribution in [0.4, 0.5) is 0 Å². The summed E-state index contributed by atoms with van der Waals surface area (Å²) in [6, 6.07) is 0. The molecule has 0 saturated heterocycles. The van der Waals surface area contributed by atoms with Crippen molar-refractivity contribution in [3.8, 4) is 0 Å². The van der Waals surface area contributed by atoms with Gasteiger partial charge in [0, 0.05) is 24.8 Å². The van der Waals surface area contributed by atoms with E-state index in [-0.39, 0.29) is 0 Å². The van der Waals surface area contributed by atoms with Gasteiger partial charge in [-0.05, 0) is 20.9 Å². The van der Waals surface area contributed by atoms with E-state index in [0.29, 0.717) is 13.1 Å². The van der Waals surface area contributed by atoms with Crippen molar-refractivity contribution in [1.29, 1.82) is 0 Å². The second-order valence-corrected chi connectivity index (χ2v) is 6.55. The Balaban J connectivity index is 2.79. The molecule has 0 aliphatic carbocycles. The third kappa shape index (κ3) is 4.84. The summed E-state index contributed by atoms with van der Waals surface area (Å²) in [7, 11) is -1.35. The highest BCUT2D eigenvalue weighted by Gasteiger charge is 2.23. The van der Waals surface area contributed by atoms with Gasteiger partial charge in [-0.1, -0.05) is 0 Å². The van der Waals surface area contributed by atoms with Crippen LogP contribution in [0.2, 0.25) is 0 Å². The molecular weight excluding hydrogens is 240 g/mol. The van der Waals surface area contributed by atoms with Gasteiger partial charge in [0.05, 0.1) is 18.3 Å². The average Bonchev–Trinajstić information content (AvgIpc) is 2.48. The molecule has 1 aromatic rings. The monoisotopic (exact) mass is 260 g/mol. The Bertz CT molecular complexity index is 464. The summed E-state index contributed by atoms with van der Waals surface area (Å²) in [6.45, 7) is 4.93. The predicted molar refractivity (Wildman–Crippen MR) is 67.0 cm³/mol. The Morgan fingerprint density at radius 2 is 2.12 bits per heavy atom. The first-order chi connectivity index (χ1) is 7.73. The predicted octanol–water partition coefficient (Wildman–Crippen LogP) is -0.0697. The molecule has 1 heterocycles. The minimum Gasteiger partial charge on any atom is -0.332 e. The van der Waals surface area contributed by atoms with Gasteiger partial charge in [0.25, 0.3) is 0 Å². The minimum absolute atomic E-state index is 0.539. The second kappa shape index (κ2) is 5.16. The smallest absolute Gasteiger partial charge is 0.209 e. The third-order valence-corrected chi connectivity index (χ3v) is 3.11. The molecular formula is C10H20N4O2S. The highest BCUT2D eigenvalue weighted by molar-refractivity contribution is 7.88. The van der Waals surface area contributed by atoms with Gasteiger partial charge >= 0.3 is 0 Å². The maximum Gasteiger partial charge on any atom is 0.209 e. The fourth-order valence-electron chi connectivity index (χ4n) is 1.78. The summed E-state index contributed by atoms with van der Waals surface area (Å²) in [5.41, 5.74) is 0.479. The largest absolute Gasteiger partial charge is 0.332 e. The number of rotatable bonds is 6. The molecule has 0 amide bonds. The first kappa shape index (κ1) is 14.1. The number of hydrogen-bond donors (Lipinski definition) is 2. The Labute approximate surface area is 102 Å². The van der Waals surface area contributed by atoms with Crippen LogP contribution in [0.15, 0.2) is 12.5 Å². The molecule has 0 bridgehead atoms. The number of sulfonamides is 1. The van der Waals surface area contributed by atoms with Crippen LogP contribution in [0.3, 0.4) is 0 Å². The third-order valence-electron chi connectivity index (χ3n) is 2.18. The van der Waals surface area contributed by atoms with E-state index in [1.54, 1.807) is 12.5 Å². The van der Waals surface area contributed by atoms with E-state index in [1.807, 2.05) is 25.5 Å². The zero-order valence-corrected chi connectivity index (χ0v) is 11.5. The lowest BCUT2D eigenvalue weighted by Crippen LogP contribution is -2.46. The van der Waals surface area contributed by atoms with Gasteiger partial charge in [0.2, 0.25) is 10.0 Å². The van der Waals surface area contributed by atoms with E-state index in [9.17, 15) is 8.42 Å². The molecule has 17 heavy (non-hydrogen) atoms. The molecule has 0 atom stereocenters. The number of imidazole rings is 1.